The van der Waals surface area contributed by atoms with Gasteiger partial charge < -0.3 is 15.5 Å². The van der Waals surface area contributed by atoms with Gasteiger partial charge in [-0.25, -0.2) is 0 Å². The third-order valence-electron chi connectivity index (χ3n) is 5.50. The van der Waals surface area contributed by atoms with Gasteiger partial charge in [0.05, 0.1) is 0 Å². The maximum atomic E-state index is 12.6. The van der Waals surface area contributed by atoms with E-state index < -0.39 is 0 Å². The highest BCUT2D eigenvalue weighted by molar-refractivity contribution is 5.85. The lowest BCUT2D eigenvalue weighted by molar-refractivity contribution is -0.138. The van der Waals surface area contributed by atoms with Crippen molar-refractivity contribution in [3.63, 3.8) is 0 Å². The number of nitrogens with two attached hydrogens (primary N) is 1. The lowest BCUT2D eigenvalue weighted by Gasteiger charge is -2.39. The van der Waals surface area contributed by atoms with Crippen LogP contribution in [0.5, 0.6) is 0 Å². The molecule has 4 nitrogen and oxygen atoms in total. The summed E-state index contributed by atoms with van der Waals surface area (Å²) in [6.45, 7) is 4.48. The monoisotopic (exact) mass is 351 g/mol. The molecule has 0 radical (unpaired) electrons. The van der Waals surface area contributed by atoms with Gasteiger partial charge in [-0.15, -0.1) is 24.8 Å². The van der Waals surface area contributed by atoms with Crippen molar-refractivity contribution in [2.24, 2.45) is 11.7 Å². The largest absolute Gasteiger partial charge is 0.342 e. The van der Waals surface area contributed by atoms with Crippen molar-refractivity contribution in [2.75, 3.05) is 26.2 Å². The number of likely N-dealkylation sites (tertiary alicyclic amines) is 2. The zero-order valence-corrected chi connectivity index (χ0v) is 15.0. The van der Waals surface area contributed by atoms with Gasteiger partial charge in [-0.1, -0.05) is 6.42 Å². The summed E-state index contributed by atoms with van der Waals surface area (Å²) in [5.41, 5.74) is 6.02. The Morgan fingerprint density at radius 2 is 1.50 bits per heavy atom. The molecule has 2 saturated heterocycles. The number of nitrogens with zero attached hydrogens (tertiary/aromatic N) is 2. The number of rotatable bonds is 2. The first-order valence-corrected chi connectivity index (χ1v) is 8.52. The van der Waals surface area contributed by atoms with Crippen molar-refractivity contribution >= 4 is 30.7 Å². The van der Waals surface area contributed by atoms with Crippen LogP contribution in [0, 0.1) is 5.92 Å². The summed E-state index contributed by atoms with van der Waals surface area (Å²) in [5, 5.41) is 0. The Hall–Kier alpha value is -0.0300. The summed E-state index contributed by atoms with van der Waals surface area (Å²) in [6.07, 6.45) is 9.25. The fourth-order valence-corrected chi connectivity index (χ4v) is 4.27. The molecule has 2 unspecified atom stereocenters. The molecule has 2 aliphatic heterocycles. The van der Waals surface area contributed by atoms with Gasteiger partial charge in [-0.3, -0.25) is 4.79 Å². The number of piperidine rings is 1. The van der Waals surface area contributed by atoms with Crippen molar-refractivity contribution in [1.82, 2.24) is 9.80 Å². The molecule has 1 amide bonds. The molecule has 2 heterocycles. The average Bonchev–Trinajstić information content (AvgIpc) is 3.01. The van der Waals surface area contributed by atoms with E-state index in [9.17, 15) is 4.79 Å². The Bertz CT molecular complexity index is 342. The predicted molar refractivity (Wildman–Crippen MR) is 94.8 cm³/mol. The van der Waals surface area contributed by atoms with Crippen molar-refractivity contribution in [3.05, 3.63) is 0 Å². The molecule has 6 heteroatoms. The van der Waals surface area contributed by atoms with Gasteiger partial charge in [-0.05, 0) is 58.0 Å². The molecule has 1 aliphatic carbocycles. The van der Waals surface area contributed by atoms with Crippen LogP contribution < -0.4 is 5.73 Å². The molecule has 1 saturated carbocycles. The molecule has 2 atom stereocenters. The van der Waals surface area contributed by atoms with Crippen LogP contribution in [0.1, 0.15) is 51.4 Å². The zero-order valence-electron chi connectivity index (χ0n) is 13.4. The van der Waals surface area contributed by atoms with Crippen molar-refractivity contribution in [1.29, 1.82) is 0 Å². The molecule has 130 valence electrons. The number of carbonyl (C=O) groups excluding carboxylic acids is 1. The van der Waals surface area contributed by atoms with Crippen LogP contribution in [0.15, 0.2) is 0 Å². The second-order valence-electron chi connectivity index (χ2n) is 6.92. The average molecular weight is 352 g/mol. The van der Waals surface area contributed by atoms with Crippen LogP contribution in [0.2, 0.25) is 0 Å². The normalized spacial score (nSPS) is 30.5. The van der Waals surface area contributed by atoms with E-state index in [1.165, 1.54) is 38.8 Å². The van der Waals surface area contributed by atoms with Crippen LogP contribution in [-0.4, -0.2) is 54.0 Å². The van der Waals surface area contributed by atoms with E-state index in [0.717, 1.165) is 44.8 Å². The van der Waals surface area contributed by atoms with E-state index in [1.807, 2.05) is 0 Å². The first-order chi connectivity index (χ1) is 9.74. The van der Waals surface area contributed by atoms with Crippen LogP contribution in [0.25, 0.3) is 0 Å². The Morgan fingerprint density at radius 1 is 0.864 bits per heavy atom. The molecular weight excluding hydrogens is 321 g/mol. The third-order valence-corrected chi connectivity index (χ3v) is 5.50. The quantitative estimate of drug-likeness (QED) is 0.830. The molecule has 2 N–H and O–H groups in total. The molecular formula is C16H31Cl2N3O. The smallest absolute Gasteiger partial charge is 0.225 e. The van der Waals surface area contributed by atoms with Gasteiger partial charge in [0.1, 0.15) is 0 Å². The highest BCUT2D eigenvalue weighted by atomic mass is 35.5. The maximum absolute atomic E-state index is 12.6. The van der Waals surface area contributed by atoms with Crippen molar-refractivity contribution in [3.8, 4) is 0 Å². The number of hydrogen-bond acceptors (Lipinski definition) is 3. The highest BCUT2D eigenvalue weighted by Crippen LogP contribution is 2.27. The van der Waals surface area contributed by atoms with Gasteiger partial charge in [0.15, 0.2) is 0 Å². The predicted octanol–water partition coefficient (Wildman–Crippen LogP) is 2.43. The van der Waals surface area contributed by atoms with Gasteiger partial charge in [-0.2, -0.15) is 0 Å². The van der Waals surface area contributed by atoms with E-state index in [0.29, 0.717) is 5.91 Å². The molecule has 0 aromatic rings. The lowest BCUT2D eigenvalue weighted by atomic mass is 9.85. The molecule has 3 rings (SSSR count). The summed E-state index contributed by atoms with van der Waals surface area (Å²) in [4.78, 5) is 17.3. The maximum Gasteiger partial charge on any atom is 0.225 e. The number of carbonyl (C=O) groups is 1. The molecule has 3 aliphatic rings. The summed E-state index contributed by atoms with van der Waals surface area (Å²) < 4.78 is 0. The number of amides is 1. The van der Waals surface area contributed by atoms with Gasteiger partial charge in [0.25, 0.3) is 0 Å². The Kier molecular flexibility index (Phi) is 8.47. The molecule has 22 heavy (non-hydrogen) atoms. The minimum absolute atomic E-state index is 0. The third kappa shape index (κ3) is 4.73. The van der Waals surface area contributed by atoms with E-state index in [4.69, 9.17) is 5.73 Å². The van der Waals surface area contributed by atoms with Crippen LogP contribution in [-0.2, 0) is 4.79 Å². The molecule has 3 fully saturated rings. The Labute approximate surface area is 147 Å². The van der Waals surface area contributed by atoms with E-state index in [1.54, 1.807) is 0 Å². The standard InChI is InChI=1S/C16H29N3O.2ClH/c17-14-5-3-4-13(12-14)16(20)19-10-6-15(7-11-19)18-8-1-2-9-18;;/h13-15H,1-12,17H2;2*1H. The van der Waals surface area contributed by atoms with E-state index in [2.05, 4.69) is 9.80 Å². The lowest BCUT2D eigenvalue weighted by Crippen LogP contribution is -2.48. The second kappa shape index (κ2) is 9.31. The van der Waals surface area contributed by atoms with E-state index >= 15 is 0 Å². The second-order valence-corrected chi connectivity index (χ2v) is 6.92. The SMILES string of the molecule is Cl.Cl.NC1CCCC(C(=O)N2CCC(N3CCCC3)CC2)C1. The fourth-order valence-electron chi connectivity index (χ4n) is 4.27. The van der Waals surface area contributed by atoms with Crippen molar-refractivity contribution < 1.29 is 4.79 Å². The molecule has 0 aromatic carbocycles. The summed E-state index contributed by atoms with van der Waals surface area (Å²) >= 11 is 0. The van der Waals surface area contributed by atoms with Gasteiger partial charge >= 0.3 is 0 Å². The van der Waals surface area contributed by atoms with Crippen LogP contribution >= 0.6 is 24.8 Å². The first kappa shape index (κ1) is 20.0. The van der Waals surface area contributed by atoms with Crippen molar-refractivity contribution in [2.45, 2.75) is 63.5 Å². The van der Waals surface area contributed by atoms with Crippen LogP contribution in [0.3, 0.4) is 0 Å². The Balaban J connectivity index is 0.00000121. The Morgan fingerprint density at radius 3 is 2.09 bits per heavy atom. The minimum Gasteiger partial charge on any atom is -0.342 e. The zero-order chi connectivity index (χ0) is 13.9. The number of halogens is 2. The highest BCUT2D eigenvalue weighted by Gasteiger charge is 2.32. The molecule has 0 spiro atoms. The molecule has 0 bridgehead atoms. The first-order valence-electron chi connectivity index (χ1n) is 8.52. The van der Waals surface area contributed by atoms with Gasteiger partial charge in [0, 0.05) is 31.1 Å². The summed E-state index contributed by atoms with van der Waals surface area (Å²) in [6, 6.07) is 0.981. The van der Waals surface area contributed by atoms with E-state index in [-0.39, 0.29) is 36.8 Å². The summed E-state index contributed by atoms with van der Waals surface area (Å²) in [5.74, 6) is 0.599. The van der Waals surface area contributed by atoms with Gasteiger partial charge in [0.2, 0.25) is 5.91 Å². The topological polar surface area (TPSA) is 49.6 Å². The van der Waals surface area contributed by atoms with Crippen LogP contribution in [0.4, 0.5) is 0 Å². The molecule has 0 aromatic heterocycles. The summed E-state index contributed by atoms with van der Waals surface area (Å²) in [7, 11) is 0. The minimum atomic E-state index is 0. The number of hydrogen-bond donors (Lipinski definition) is 1. The fraction of sp³-hybridized carbons (Fsp3) is 0.938.